The van der Waals surface area contributed by atoms with Crippen molar-refractivity contribution in [3.63, 3.8) is 0 Å². The third kappa shape index (κ3) is 6.56. The van der Waals surface area contributed by atoms with Gasteiger partial charge < -0.3 is 19.5 Å². The number of rotatable bonds is 7. The Hall–Kier alpha value is -4.21. The minimum Gasteiger partial charge on any atom is -0.493 e. The fourth-order valence-electron chi connectivity index (χ4n) is 3.24. The summed E-state index contributed by atoms with van der Waals surface area (Å²) in [5.74, 6) is 1.41. The van der Waals surface area contributed by atoms with Gasteiger partial charge in [0.25, 0.3) is 0 Å². The van der Waals surface area contributed by atoms with Gasteiger partial charge in [0.1, 0.15) is 5.82 Å². The quantitative estimate of drug-likeness (QED) is 0.435. The first-order chi connectivity index (χ1) is 17.8. The van der Waals surface area contributed by atoms with Gasteiger partial charge in [-0.1, -0.05) is 53.7 Å². The van der Waals surface area contributed by atoms with E-state index in [1.807, 2.05) is 30.4 Å². The minimum atomic E-state index is -0.663. The van der Waals surface area contributed by atoms with E-state index in [9.17, 15) is 9.59 Å². The van der Waals surface area contributed by atoms with E-state index in [4.69, 9.17) is 14.2 Å². The molecule has 0 fully saturated rings. The first kappa shape index (κ1) is 28.4. The summed E-state index contributed by atoms with van der Waals surface area (Å²) in [7, 11) is 4.67. The summed E-state index contributed by atoms with van der Waals surface area (Å²) in [6, 6.07) is 5.48. The topological polar surface area (TPSA) is 125 Å². The SMILES string of the molecule is COc1cc(/C=C/c2cnc3nc(NC(=O)C(C)(C)C)nc(NC(=O)C(C)(C)C)c3c2)cc(OC)c1OC. The fraction of sp³-hybridized carbons (Fsp3) is 0.393. The average molecular weight is 522 g/mol. The van der Waals surface area contributed by atoms with E-state index in [0.29, 0.717) is 28.3 Å². The number of benzene rings is 1. The van der Waals surface area contributed by atoms with Crippen LogP contribution in [0.2, 0.25) is 0 Å². The van der Waals surface area contributed by atoms with Crippen molar-refractivity contribution in [1.29, 1.82) is 0 Å². The summed E-state index contributed by atoms with van der Waals surface area (Å²) in [6.45, 7) is 10.8. The van der Waals surface area contributed by atoms with Crippen molar-refractivity contribution >= 4 is 46.8 Å². The van der Waals surface area contributed by atoms with Crippen LogP contribution in [0.1, 0.15) is 52.7 Å². The molecular formula is C28H35N5O5. The van der Waals surface area contributed by atoms with Gasteiger partial charge in [0.15, 0.2) is 17.1 Å². The number of hydrogen-bond acceptors (Lipinski definition) is 8. The molecule has 1 aromatic carbocycles. The third-order valence-corrected chi connectivity index (χ3v) is 5.55. The van der Waals surface area contributed by atoms with Gasteiger partial charge in [0, 0.05) is 17.0 Å². The number of ether oxygens (including phenoxy) is 3. The number of aromatic nitrogens is 3. The molecule has 0 unspecified atom stereocenters. The maximum absolute atomic E-state index is 12.8. The van der Waals surface area contributed by atoms with E-state index in [0.717, 1.165) is 11.1 Å². The van der Waals surface area contributed by atoms with Crippen molar-refractivity contribution in [1.82, 2.24) is 15.0 Å². The van der Waals surface area contributed by atoms with Crippen LogP contribution in [0, 0.1) is 10.8 Å². The summed E-state index contributed by atoms with van der Waals surface area (Å²) < 4.78 is 16.2. The molecule has 3 rings (SSSR count). The van der Waals surface area contributed by atoms with Crippen molar-refractivity contribution in [3.8, 4) is 17.2 Å². The average Bonchev–Trinajstić information content (AvgIpc) is 2.85. The van der Waals surface area contributed by atoms with Crippen molar-refractivity contribution in [2.45, 2.75) is 41.5 Å². The first-order valence-electron chi connectivity index (χ1n) is 12.1. The molecule has 0 atom stereocenters. The number of hydrogen-bond donors (Lipinski definition) is 2. The number of carbonyl (C=O) groups excluding carboxylic acids is 2. The molecule has 2 N–H and O–H groups in total. The van der Waals surface area contributed by atoms with Gasteiger partial charge in [-0.05, 0) is 29.3 Å². The third-order valence-electron chi connectivity index (χ3n) is 5.55. The van der Waals surface area contributed by atoms with Crippen LogP contribution in [0.3, 0.4) is 0 Å². The highest BCUT2D eigenvalue weighted by molar-refractivity contribution is 6.02. The molecule has 0 saturated carbocycles. The number of carbonyl (C=O) groups is 2. The molecule has 38 heavy (non-hydrogen) atoms. The van der Waals surface area contributed by atoms with Crippen molar-refractivity contribution in [3.05, 3.63) is 35.5 Å². The van der Waals surface area contributed by atoms with Crippen LogP contribution in [0.25, 0.3) is 23.2 Å². The van der Waals surface area contributed by atoms with Gasteiger partial charge >= 0.3 is 0 Å². The summed E-state index contributed by atoms with van der Waals surface area (Å²) >= 11 is 0. The van der Waals surface area contributed by atoms with E-state index < -0.39 is 10.8 Å². The molecule has 3 aromatic rings. The molecular weight excluding hydrogens is 486 g/mol. The second-order valence-corrected chi connectivity index (χ2v) is 10.7. The van der Waals surface area contributed by atoms with E-state index in [1.54, 1.807) is 69.1 Å². The zero-order valence-electron chi connectivity index (χ0n) is 23.3. The summed E-state index contributed by atoms with van der Waals surface area (Å²) in [5, 5.41) is 6.12. The van der Waals surface area contributed by atoms with Crippen LogP contribution in [0.15, 0.2) is 24.4 Å². The Kier molecular flexibility index (Phi) is 8.24. The Labute approximate surface area is 222 Å². The normalized spacial score (nSPS) is 11.9. The lowest BCUT2D eigenvalue weighted by Gasteiger charge is -2.19. The van der Waals surface area contributed by atoms with Gasteiger partial charge in [0.05, 0.1) is 26.7 Å². The molecule has 2 heterocycles. The lowest BCUT2D eigenvalue weighted by molar-refractivity contribution is -0.123. The fourth-order valence-corrected chi connectivity index (χ4v) is 3.24. The first-order valence-corrected chi connectivity index (χ1v) is 12.1. The highest BCUT2D eigenvalue weighted by atomic mass is 16.5. The molecule has 0 radical (unpaired) electrons. The largest absolute Gasteiger partial charge is 0.493 e. The van der Waals surface area contributed by atoms with Crippen LogP contribution in [0.4, 0.5) is 11.8 Å². The lowest BCUT2D eigenvalue weighted by Crippen LogP contribution is -2.30. The Morgan fingerprint density at radius 1 is 0.763 bits per heavy atom. The molecule has 0 saturated heterocycles. The molecule has 0 aliphatic carbocycles. The highest BCUT2D eigenvalue weighted by Crippen LogP contribution is 2.38. The number of nitrogens with one attached hydrogen (secondary N) is 2. The maximum atomic E-state index is 12.8. The zero-order valence-corrected chi connectivity index (χ0v) is 23.3. The number of fused-ring (bicyclic) bond motifs is 1. The van der Waals surface area contributed by atoms with Crippen molar-refractivity contribution in [2.75, 3.05) is 32.0 Å². The van der Waals surface area contributed by atoms with Gasteiger partial charge in [0.2, 0.25) is 23.5 Å². The van der Waals surface area contributed by atoms with Crippen LogP contribution in [-0.2, 0) is 9.59 Å². The summed E-state index contributed by atoms with van der Waals surface area (Å²) in [5.41, 5.74) is 0.578. The van der Waals surface area contributed by atoms with Crippen LogP contribution in [-0.4, -0.2) is 48.1 Å². The van der Waals surface area contributed by atoms with E-state index in [1.165, 1.54) is 0 Å². The molecule has 10 nitrogen and oxygen atoms in total. The lowest BCUT2D eigenvalue weighted by atomic mass is 9.95. The van der Waals surface area contributed by atoms with Crippen LogP contribution in [0.5, 0.6) is 17.2 Å². The smallest absolute Gasteiger partial charge is 0.233 e. The Morgan fingerprint density at radius 2 is 1.32 bits per heavy atom. The highest BCUT2D eigenvalue weighted by Gasteiger charge is 2.25. The Balaban J connectivity index is 2.06. The Bertz CT molecular complexity index is 1360. The minimum absolute atomic E-state index is 0.0647. The van der Waals surface area contributed by atoms with E-state index in [2.05, 4.69) is 25.6 Å². The summed E-state index contributed by atoms with van der Waals surface area (Å²) in [6.07, 6.45) is 5.38. The number of nitrogens with zero attached hydrogens (tertiary/aromatic N) is 3. The van der Waals surface area contributed by atoms with Crippen LogP contribution >= 0.6 is 0 Å². The van der Waals surface area contributed by atoms with Crippen molar-refractivity contribution < 1.29 is 23.8 Å². The molecule has 0 spiro atoms. The van der Waals surface area contributed by atoms with Gasteiger partial charge in [-0.3, -0.25) is 14.9 Å². The molecule has 202 valence electrons. The Morgan fingerprint density at radius 3 is 1.84 bits per heavy atom. The number of methoxy groups -OCH3 is 3. The zero-order chi connectivity index (χ0) is 28.3. The number of anilines is 2. The van der Waals surface area contributed by atoms with Gasteiger partial charge in [-0.15, -0.1) is 0 Å². The van der Waals surface area contributed by atoms with Gasteiger partial charge in [-0.25, -0.2) is 4.98 Å². The van der Waals surface area contributed by atoms with Gasteiger partial charge in [-0.2, -0.15) is 9.97 Å². The van der Waals surface area contributed by atoms with E-state index >= 15 is 0 Å². The second kappa shape index (κ2) is 11.0. The number of pyridine rings is 1. The van der Waals surface area contributed by atoms with Crippen molar-refractivity contribution in [2.24, 2.45) is 10.8 Å². The molecule has 0 aliphatic heterocycles. The molecule has 2 amide bonds. The molecule has 2 aromatic heterocycles. The molecule has 0 bridgehead atoms. The second-order valence-electron chi connectivity index (χ2n) is 10.7. The predicted molar refractivity (Wildman–Crippen MR) is 149 cm³/mol. The van der Waals surface area contributed by atoms with E-state index in [-0.39, 0.29) is 23.6 Å². The molecule has 0 aliphatic rings. The van der Waals surface area contributed by atoms with Crippen LogP contribution < -0.4 is 24.8 Å². The molecule has 10 heteroatoms. The standard InChI is InChI=1S/C28H35N5O5/c1-27(2,3)24(34)30-23-18-12-17(11-10-16-13-19(36-7)21(38-9)20(14-16)37-8)15-29-22(18)31-26(32-23)33-25(35)28(4,5)6/h10-15H,1-9H3,(H2,29,30,31,32,33,34,35)/b11-10+. The summed E-state index contributed by atoms with van der Waals surface area (Å²) in [4.78, 5) is 38.7. The number of amides is 2. The maximum Gasteiger partial charge on any atom is 0.233 e. The predicted octanol–water partition coefficient (Wildman–Crippen LogP) is 5.19. The monoisotopic (exact) mass is 521 g/mol.